The molecule has 1 saturated carbocycles. The molecular formula is C59H81ClN8O7S. The van der Waals surface area contributed by atoms with E-state index in [1.165, 1.54) is 0 Å². The van der Waals surface area contributed by atoms with Crippen LogP contribution in [0.15, 0.2) is 72.2 Å². The molecule has 15 nitrogen and oxygen atoms in total. The molecule has 0 spiro atoms. The summed E-state index contributed by atoms with van der Waals surface area (Å²) in [4.78, 5) is 62.0. The number of unbranched alkanes of at least 4 members (excludes halogenated alkanes) is 3. The number of aromatic nitrogens is 1. The fraction of sp³-hybridized carbons (Fsp3) is 0.559. The lowest BCUT2D eigenvalue weighted by Gasteiger charge is -2.63. The number of halogens is 1. The number of amides is 3. The summed E-state index contributed by atoms with van der Waals surface area (Å²) >= 11 is 7.88. The number of ether oxygens (including phenoxy) is 3. The Kier molecular flexibility index (Phi) is 20.9. The standard InChI is InChI=1S/C59H81ClN8O7S/c1-37(16-12-13-27-61)54(72)74-47-30-45(33-64-38(2)40-17-19-41(20-18-40)50-39(3)65-36-76-50)68(34-47)53(71)51(57(4,5)6)66-49(69)35-73-29-15-11-14-28-63-44-24-21-42(22-25-44)52(70)67-55-58(7,8)56(59(55,9)10)75-46-26-23-43(32-62)48(60)31-46/h17-26,31,36-38,45,47,51,55-56,63-64H,11-16,27-30,33-35,61H2,1-10H3,(H,66,69)(H,67,70)/t37-,38-,45-,47+,51+,55-,56-/m0/s1. The minimum atomic E-state index is -0.844. The summed E-state index contributed by atoms with van der Waals surface area (Å²) in [7, 11) is 0. The van der Waals surface area contributed by atoms with Gasteiger partial charge in [0.1, 0.15) is 36.7 Å². The number of benzene rings is 3. The quantitative estimate of drug-likeness (QED) is 0.0294. The van der Waals surface area contributed by atoms with Crippen LogP contribution < -0.4 is 31.7 Å². The van der Waals surface area contributed by atoms with Crippen LogP contribution in [0.25, 0.3) is 10.4 Å². The summed E-state index contributed by atoms with van der Waals surface area (Å²) in [5.41, 5.74) is 11.2. The van der Waals surface area contributed by atoms with Crippen molar-refractivity contribution in [1.82, 2.24) is 25.8 Å². The fourth-order valence-electron chi connectivity index (χ4n) is 10.8. The van der Waals surface area contributed by atoms with Gasteiger partial charge in [0.25, 0.3) is 5.91 Å². The minimum Gasteiger partial charge on any atom is -0.489 e. The van der Waals surface area contributed by atoms with E-state index in [2.05, 4.69) is 91.2 Å². The van der Waals surface area contributed by atoms with Gasteiger partial charge in [-0.1, -0.05) is 97.7 Å². The van der Waals surface area contributed by atoms with Crippen molar-refractivity contribution in [1.29, 1.82) is 5.26 Å². The number of rotatable bonds is 26. The van der Waals surface area contributed by atoms with Crippen molar-refractivity contribution in [3.05, 3.63) is 99.6 Å². The topological polar surface area (TPSA) is 210 Å². The molecule has 5 atom stereocenters. The number of esters is 1. The van der Waals surface area contributed by atoms with Gasteiger partial charge >= 0.3 is 5.97 Å². The third-order valence-electron chi connectivity index (χ3n) is 15.0. The molecule has 3 amide bonds. The number of likely N-dealkylation sites (tertiary alicyclic amines) is 1. The predicted molar refractivity (Wildman–Crippen MR) is 301 cm³/mol. The molecule has 76 heavy (non-hydrogen) atoms. The highest BCUT2D eigenvalue weighted by molar-refractivity contribution is 7.13. The summed E-state index contributed by atoms with van der Waals surface area (Å²) in [6.07, 6.45) is 4.65. The maximum absolute atomic E-state index is 14.6. The number of carbonyl (C=O) groups is 4. The minimum absolute atomic E-state index is 0.0238. The Hall–Kier alpha value is -5.57. The van der Waals surface area contributed by atoms with Crippen molar-refractivity contribution in [2.45, 2.75) is 151 Å². The molecule has 6 rings (SSSR count). The van der Waals surface area contributed by atoms with Crippen LogP contribution in [-0.4, -0.2) is 103 Å². The number of nitrogens with one attached hydrogen (secondary N) is 4. The first-order chi connectivity index (χ1) is 36.0. The number of nitriles is 1. The van der Waals surface area contributed by atoms with Crippen molar-refractivity contribution in [3.8, 4) is 22.3 Å². The van der Waals surface area contributed by atoms with E-state index in [9.17, 15) is 24.4 Å². The lowest BCUT2D eigenvalue weighted by atomic mass is 9.49. The zero-order chi connectivity index (χ0) is 55.4. The number of nitrogens with zero attached hydrogens (tertiary/aromatic N) is 3. The smallest absolute Gasteiger partial charge is 0.308 e. The highest BCUT2D eigenvalue weighted by Crippen LogP contribution is 2.55. The van der Waals surface area contributed by atoms with E-state index in [1.54, 1.807) is 34.4 Å². The van der Waals surface area contributed by atoms with Crippen LogP contribution in [0.3, 0.4) is 0 Å². The molecule has 17 heteroatoms. The molecule has 1 aliphatic heterocycles. The zero-order valence-electron chi connectivity index (χ0n) is 46.2. The summed E-state index contributed by atoms with van der Waals surface area (Å²) in [5, 5.41) is 22.9. The van der Waals surface area contributed by atoms with Crippen LogP contribution in [-0.2, 0) is 23.9 Å². The Morgan fingerprint density at radius 2 is 1.67 bits per heavy atom. The maximum Gasteiger partial charge on any atom is 0.308 e. The average molecular weight is 1080 g/mol. The fourth-order valence-corrected chi connectivity index (χ4v) is 11.8. The summed E-state index contributed by atoms with van der Waals surface area (Å²) < 4.78 is 18.2. The zero-order valence-corrected chi connectivity index (χ0v) is 47.8. The molecule has 0 radical (unpaired) electrons. The van der Waals surface area contributed by atoms with Gasteiger partial charge in [0, 0.05) is 72.4 Å². The van der Waals surface area contributed by atoms with Gasteiger partial charge in [0.15, 0.2) is 0 Å². The van der Waals surface area contributed by atoms with Crippen molar-refractivity contribution in [2.24, 2.45) is 27.9 Å². The van der Waals surface area contributed by atoms with Gasteiger partial charge in [-0.15, -0.1) is 11.3 Å². The van der Waals surface area contributed by atoms with Crippen LogP contribution in [0.4, 0.5) is 5.69 Å². The molecule has 6 N–H and O–H groups in total. The number of hydrogen-bond acceptors (Lipinski definition) is 13. The van der Waals surface area contributed by atoms with E-state index in [4.69, 9.17) is 31.5 Å². The van der Waals surface area contributed by atoms with Crippen LogP contribution >= 0.6 is 22.9 Å². The van der Waals surface area contributed by atoms with Gasteiger partial charge in [-0.3, -0.25) is 19.2 Å². The van der Waals surface area contributed by atoms with Gasteiger partial charge in [0.05, 0.1) is 39.1 Å². The van der Waals surface area contributed by atoms with Crippen molar-refractivity contribution in [3.63, 3.8) is 0 Å². The first-order valence-electron chi connectivity index (χ1n) is 26.9. The summed E-state index contributed by atoms with van der Waals surface area (Å²) in [6, 6.07) is 21.7. The van der Waals surface area contributed by atoms with Crippen LogP contribution in [0.2, 0.25) is 5.02 Å². The molecule has 2 heterocycles. The second-order valence-electron chi connectivity index (χ2n) is 22.9. The number of aryl methyl sites for hydroxylation is 1. The highest BCUT2D eigenvalue weighted by Gasteiger charge is 2.64. The van der Waals surface area contributed by atoms with Gasteiger partial charge in [-0.2, -0.15) is 5.26 Å². The SMILES string of the molecule is Cc1ncsc1-c1ccc([C@H](C)NC[C@@H]2C[C@@H](OC(=O)[C@@H](C)CCCCN)CN2C(=O)[C@@H](NC(=O)COCCCCCNc2ccc(C(=O)N[C@H]3C(C)(C)[C@H](Oc4ccc(C#N)c(Cl)c4)C3(C)C)cc2)C(C)(C)C)cc1. The van der Waals surface area contributed by atoms with Crippen molar-refractivity contribution >= 4 is 52.3 Å². The Bertz CT molecular complexity index is 2610. The van der Waals surface area contributed by atoms with Gasteiger partial charge in [-0.05, 0) is 105 Å². The largest absolute Gasteiger partial charge is 0.489 e. The molecule has 0 bridgehead atoms. The molecule has 1 saturated heterocycles. The first-order valence-corrected chi connectivity index (χ1v) is 28.1. The second-order valence-corrected chi connectivity index (χ2v) is 24.2. The van der Waals surface area contributed by atoms with Crippen LogP contribution in [0.1, 0.15) is 140 Å². The number of hydrogen-bond donors (Lipinski definition) is 5. The lowest BCUT2D eigenvalue weighted by Crippen LogP contribution is -2.74. The predicted octanol–water partition coefficient (Wildman–Crippen LogP) is 10.0. The second kappa shape index (κ2) is 26.7. The molecule has 2 fully saturated rings. The highest BCUT2D eigenvalue weighted by atomic mass is 35.5. The number of thiazole rings is 1. The van der Waals surface area contributed by atoms with Crippen LogP contribution in [0.5, 0.6) is 5.75 Å². The van der Waals surface area contributed by atoms with E-state index < -0.39 is 17.6 Å². The third kappa shape index (κ3) is 15.3. The van der Waals surface area contributed by atoms with E-state index in [0.29, 0.717) is 54.4 Å². The number of nitrogens with two attached hydrogens (primary N) is 1. The summed E-state index contributed by atoms with van der Waals surface area (Å²) in [5.74, 6) is -0.724. The summed E-state index contributed by atoms with van der Waals surface area (Å²) in [6.45, 7) is 22.3. The van der Waals surface area contributed by atoms with Crippen molar-refractivity contribution in [2.75, 3.05) is 44.7 Å². The van der Waals surface area contributed by atoms with Crippen LogP contribution in [0, 0.1) is 40.4 Å². The van der Waals surface area contributed by atoms with Gasteiger partial charge < -0.3 is 46.1 Å². The van der Waals surface area contributed by atoms with Gasteiger partial charge in [-0.25, -0.2) is 4.98 Å². The maximum atomic E-state index is 14.6. The Balaban J connectivity index is 0.934. The van der Waals surface area contributed by atoms with E-state index >= 15 is 0 Å². The number of carbonyl (C=O) groups excluding carboxylic acids is 4. The third-order valence-corrected chi connectivity index (χ3v) is 16.3. The average Bonchev–Trinajstić information content (AvgIpc) is 4.01. The first kappa shape index (κ1) is 59.7. The van der Waals surface area contributed by atoms with Gasteiger partial charge in [0.2, 0.25) is 11.8 Å². The van der Waals surface area contributed by atoms with Crippen molar-refractivity contribution < 1.29 is 33.4 Å². The molecule has 412 valence electrons. The monoisotopic (exact) mass is 1080 g/mol. The van der Waals surface area contributed by atoms with E-state index in [1.807, 2.05) is 64.4 Å². The molecular weight excluding hydrogens is 1000 g/mol. The molecule has 3 aromatic carbocycles. The normalized spacial score (nSPS) is 19.9. The van der Waals surface area contributed by atoms with E-state index in [0.717, 1.165) is 66.0 Å². The Labute approximate surface area is 459 Å². The lowest BCUT2D eigenvalue weighted by molar-refractivity contribution is -0.164. The number of anilines is 1. The Morgan fingerprint density at radius 3 is 2.30 bits per heavy atom. The Morgan fingerprint density at radius 1 is 0.961 bits per heavy atom. The molecule has 1 aromatic heterocycles. The molecule has 0 unspecified atom stereocenters. The molecule has 2 aliphatic rings. The molecule has 1 aliphatic carbocycles. The van der Waals surface area contributed by atoms with E-state index in [-0.39, 0.29) is 77.8 Å². The molecule has 4 aromatic rings.